The van der Waals surface area contributed by atoms with Crippen LogP contribution in [0.3, 0.4) is 0 Å². The summed E-state index contributed by atoms with van der Waals surface area (Å²) in [5.41, 5.74) is -0.195. The number of hydrogen-bond acceptors (Lipinski definition) is 7. The number of nitro groups is 1. The first kappa shape index (κ1) is 17.9. The Kier molecular flexibility index (Phi) is 4.24. The largest absolute Gasteiger partial charge is 0.416 e. The van der Waals surface area contributed by atoms with E-state index in [0.717, 1.165) is 12.1 Å². The standard InChI is InChI=1S/C16H14F3N7O2/c17-16(18,19)10-1-2-11(12(7-10)26(27)28)24-3-5-25(6-4-24)15-13-14(21-8-20-13)22-9-23-15/h1-2,7-9H,3-6H2,(H,20,21,22,23). The van der Waals surface area contributed by atoms with E-state index in [1.54, 1.807) is 4.90 Å². The van der Waals surface area contributed by atoms with Gasteiger partial charge in [0.1, 0.15) is 17.5 Å². The lowest BCUT2D eigenvalue weighted by molar-refractivity contribution is -0.384. The maximum atomic E-state index is 12.9. The van der Waals surface area contributed by atoms with Crippen molar-refractivity contribution in [3.63, 3.8) is 0 Å². The fraction of sp³-hybridized carbons (Fsp3) is 0.312. The Bertz CT molecular complexity index is 1030. The molecule has 0 spiro atoms. The minimum absolute atomic E-state index is 0.173. The van der Waals surface area contributed by atoms with Crippen LogP contribution < -0.4 is 9.80 Å². The van der Waals surface area contributed by atoms with Crippen molar-refractivity contribution in [1.82, 2.24) is 19.9 Å². The lowest BCUT2D eigenvalue weighted by Gasteiger charge is -2.36. The Morgan fingerprint density at radius 2 is 1.79 bits per heavy atom. The number of fused-ring (bicyclic) bond motifs is 1. The average Bonchev–Trinajstić information content (AvgIpc) is 3.16. The van der Waals surface area contributed by atoms with Crippen LogP contribution in [0.4, 0.5) is 30.4 Å². The Morgan fingerprint density at radius 3 is 2.46 bits per heavy atom. The number of aromatic nitrogens is 4. The molecular weight excluding hydrogens is 379 g/mol. The number of nitro benzene ring substituents is 1. The van der Waals surface area contributed by atoms with Crippen molar-refractivity contribution in [1.29, 1.82) is 0 Å². The first-order valence-corrected chi connectivity index (χ1v) is 8.34. The molecule has 146 valence electrons. The van der Waals surface area contributed by atoms with Crippen molar-refractivity contribution in [3.8, 4) is 0 Å². The number of aromatic amines is 1. The fourth-order valence-electron chi connectivity index (χ4n) is 3.26. The first-order chi connectivity index (χ1) is 13.3. The number of nitrogens with zero attached hydrogens (tertiary/aromatic N) is 6. The monoisotopic (exact) mass is 393 g/mol. The minimum atomic E-state index is -4.63. The Hall–Kier alpha value is -3.44. The van der Waals surface area contributed by atoms with Gasteiger partial charge in [-0.2, -0.15) is 13.2 Å². The zero-order valence-corrected chi connectivity index (χ0v) is 14.3. The smallest absolute Gasteiger partial charge is 0.362 e. The summed E-state index contributed by atoms with van der Waals surface area (Å²) in [7, 11) is 0. The number of H-pyrrole nitrogens is 1. The van der Waals surface area contributed by atoms with Gasteiger partial charge < -0.3 is 14.8 Å². The molecule has 0 unspecified atom stereocenters. The number of nitrogens with one attached hydrogen (secondary N) is 1. The molecule has 0 saturated carbocycles. The summed E-state index contributed by atoms with van der Waals surface area (Å²) in [5.74, 6) is 0.670. The molecule has 9 nitrogen and oxygen atoms in total. The first-order valence-electron chi connectivity index (χ1n) is 8.34. The number of anilines is 2. The fourth-order valence-corrected chi connectivity index (χ4v) is 3.26. The molecule has 1 aliphatic rings. The highest BCUT2D eigenvalue weighted by Crippen LogP contribution is 2.37. The zero-order valence-electron chi connectivity index (χ0n) is 14.3. The molecule has 1 saturated heterocycles. The Labute approximate surface area is 156 Å². The predicted octanol–water partition coefficient (Wildman–Crippen LogP) is 2.61. The van der Waals surface area contributed by atoms with Gasteiger partial charge in [0.15, 0.2) is 11.5 Å². The van der Waals surface area contributed by atoms with Gasteiger partial charge in [-0.3, -0.25) is 10.1 Å². The molecule has 4 rings (SSSR count). The molecule has 1 aliphatic heterocycles. The lowest BCUT2D eigenvalue weighted by atomic mass is 10.1. The van der Waals surface area contributed by atoms with Crippen molar-refractivity contribution in [2.75, 3.05) is 36.0 Å². The molecule has 1 N–H and O–H groups in total. The lowest BCUT2D eigenvalue weighted by Crippen LogP contribution is -2.47. The Morgan fingerprint density at radius 1 is 1.07 bits per heavy atom. The summed E-state index contributed by atoms with van der Waals surface area (Å²) in [6, 6.07) is 2.61. The van der Waals surface area contributed by atoms with Crippen LogP contribution in [0.2, 0.25) is 0 Å². The van der Waals surface area contributed by atoms with Crippen LogP contribution in [0.1, 0.15) is 5.56 Å². The highest BCUT2D eigenvalue weighted by atomic mass is 19.4. The molecule has 0 aliphatic carbocycles. The van der Waals surface area contributed by atoms with Crippen LogP contribution >= 0.6 is 0 Å². The summed E-state index contributed by atoms with van der Waals surface area (Å²) in [5, 5.41) is 11.3. The molecule has 1 aromatic carbocycles. The van der Waals surface area contributed by atoms with Crippen molar-refractivity contribution < 1.29 is 18.1 Å². The van der Waals surface area contributed by atoms with Crippen LogP contribution in [0.25, 0.3) is 11.2 Å². The molecule has 3 aromatic rings. The summed E-state index contributed by atoms with van der Waals surface area (Å²) in [6.45, 7) is 1.77. The summed E-state index contributed by atoms with van der Waals surface area (Å²) in [6.07, 6.45) is -1.71. The van der Waals surface area contributed by atoms with E-state index in [9.17, 15) is 23.3 Å². The van der Waals surface area contributed by atoms with Gasteiger partial charge in [0.2, 0.25) is 0 Å². The molecule has 2 aromatic heterocycles. The predicted molar refractivity (Wildman–Crippen MR) is 94.2 cm³/mol. The van der Waals surface area contributed by atoms with Gasteiger partial charge >= 0.3 is 6.18 Å². The maximum Gasteiger partial charge on any atom is 0.416 e. The summed E-state index contributed by atoms with van der Waals surface area (Å²) in [4.78, 5) is 29.6. The topological polar surface area (TPSA) is 104 Å². The van der Waals surface area contributed by atoms with Gasteiger partial charge in [-0.25, -0.2) is 15.0 Å². The van der Waals surface area contributed by atoms with Gasteiger partial charge in [-0.05, 0) is 12.1 Å². The van der Waals surface area contributed by atoms with Gasteiger partial charge in [0, 0.05) is 32.2 Å². The number of imidazole rings is 1. The quantitative estimate of drug-likeness (QED) is 0.539. The molecule has 28 heavy (non-hydrogen) atoms. The van der Waals surface area contributed by atoms with Crippen molar-refractivity contribution in [2.24, 2.45) is 0 Å². The molecular formula is C16H14F3N7O2. The second-order valence-corrected chi connectivity index (χ2v) is 6.23. The number of rotatable bonds is 3. The van der Waals surface area contributed by atoms with E-state index in [4.69, 9.17) is 0 Å². The molecule has 0 atom stereocenters. The van der Waals surface area contributed by atoms with E-state index in [2.05, 4.69) is 19.9 Å². The zero-order chi connectivity index (χ0) is 19.9. The van der Waals surface area contributed by atoms with Gasteiger partial charge in [0.05, 0.1) is 16.8 Å². The number of alkyl halides is 3. The third-order valence-corrected chi connectivity index (χ3v) is 4.62. The second-order valence-electron chi connectivity index (χ2n) is 6.23. The van der Waals surface area contributed by atoms with Crippen molar-refractivity contribution in [3.05, 3.63) is 46.5 Å². The van der Waals surface area contributed by atoms with Gasteiger partial charge in [-0.15, -0.1) is 0 Å². The van der Waals surface area contributed by atoms with E-state index in [1.807, 2.05) is 4.90 Å². The van der Waals surface area contributed by atoms with Crippen LogP contribution in [-0.2, 0) is 6.18 Å². The molecule has 3 heterocycles. The molecule has 1 fully saturated rings. The normalized spacial score (nSPS) is 15.2. The third kappa shape index (κ3) is 3.17. The number of halogens is 3. The molecule has 0 radical (unpaired) electrons. The summed E-state index contributed by atoms with van der Waals surface area (Å²) >= 11 is 0. The summed E-state index contributed by atoms with van der Waals surface area (Å²) < 4.78 is 38.6. The number of piperazine rings is 1. The van der Waals surface area contributed by atoms with E-state index in [1.165, 1.54) is 12.7 Å². The van der Waals surface area contributed by atoms with E-state index >= 15 is 0 Å². The average molecular weight is 393 g/mol. The third-order valence-electron chi connectivity index (χ3n) is 4.62. The van der Waals surface area contributed by atoms with Gasteiger partial charge in [-0.1, -0.05) is 0 Å². The Balaban J connectivity index is 1.57. The van der Waals surface area contributed by atoms with Crippen molar-refractivity contribution in [2.45, 2.75) is 6.18 Å². The molecule has 0 bridgehead atoms. The van der Waals surface area contributed by atoms with Crippen LogP contribution in [0, 0.1) is 10.1 Å². The van der Waals surface area contributed by atoms with E-state index in [0.29, 0.717) is 49.2 Å². The van der Waals surface area contributed by atoms with Crippen LogP contribution in [0.15, 0.2) is 30.9 Å². The maximum absolute atomic E-state index is 12.9. The second kappa shape index (κ2) is 6.62. The van der Waals surface area contributed by atoms with Crippen LogP contribution in [0.5, 0.6) is 0 Å². The van der Waals surface area contributed by atoms with E-state index in [-0.39, 0.29) is 5.69 Å². The SMILES string of the molecule is O=[N+]([O-])c1cc(C(F)(F)F)ccc1N1CCN(c2ncnc3nc[nH]c23)CC1. The van der Waals surface area contributed by atoms with Gasteiger partial charge in [0.25, 0.3) is 5.69 Å². The molecule has 12 heteroatoms. The molecule has 0 amide bonds. The minimum Gasteiger partial charge on any atom is -0.362 e. The number of hydrogen-bond donors (Lipinski definition) is 1. The van der Waals surface area contributed by atoms with E-state index < -0.39 is 22.4 Å². The van der Waals surface area contributed by atoms with Crippen molar-refractivity contribution >= 4 is 28.4 Å². The number of benzene rings is 1. The van der Waals surface area contributed by atoms with Crippen LogP contribution in [-0.4, -0.2) is 51.0 Å². The highest BCUT2D eigenvalue weighted by Gasteiger charge is 2.34. The highest BCUT2D eigenvalue weighted by molar-refractivity contribution is 5.82.